The van der Waals surface area contributed by atoms with Crippen LogP contribution in [0.4, 0.5) is 10.1 Å². The quantitative estimate of drug-likeness (QED) is 0.623. The lowest BCUT2D eigenvalue weighted by Gasteiger charge is -2.37. The molecule has 0 aromatic heterocycles. The Kier molecular flexibility index (Phi) is 5.25. The van der Waals surface area contributed by atoms with Gasteiger partial charge in [-0.3, -0.25) is 4.90 Å². The number of hydrogen-bond acceptors (Lipinski definition) is 3. The van der Waals surface area contributed by atoms with Crippen LogP contribution in [-0.4, -0.2) is 18.2 Å². The zero-order chi connectivity index (χ0) is 18.8. The van der Waals surface area contributed by atoms with Crippen LogP contribution in [-0.2, 0) is 9.53 Å². The number of benzene rings is 2. The Labute approximate surface area is 161 Å². The minimum Gasteiger partial charge on any atom is -0.466 e. The molecule has 7 heteroatoms. The number of thiocarbonyl (C=S) groups is 1. The van der Waals surface area contributed by atoms with Crippen molar-refractivity contribution < 1.29 is 13.9 Å². The molecule has 2 aromatic carbocycles. The lowest BCUT2D eigenvalue weighted by Crippen LogP contribution is -2.48. The zero-order valence-corrected chi connectivity index (χ0v) is 15.7. The third-order valence-corrected chi connectivity index (χ3v) is 4.77. The fraction of sp³-hybridized carbons (Fsp3) is 0.158. The molecule has 134 valence electrons. The van der Waals surface area contributed by atoms with E-state index in [0.29, 0.717) is 22.1 Å². The molecule has 0 saturated carbocycles. The first-order valence-corrected chi connectivity index (χ1v) is 8.62. The predicted molar refractivity (Wildman–Crippen MR) is 104 cm³/mol. The molecular formula is C19H16ClFN2O2S. The second-order valence-corrected chi connectivity index (χ2v) is 6.51. The Morgan fingerprint density at radius 1 is 1.27 bits per heavy atom. The van der Waals surface area contributed by atoms with Gasteiger partial charge in [-0.15, -0.1) is 0 Å². The van der Waals surface area contributed by atoms with Gasteiger partial charge in [-0.2, -0.15) is 0 Å². The van der Waals surface area contributed by atoms with Crippen LogP contribution in [0.3, 0.4) is 0 Å². The van der Waals surface area contributed by atoms with Crippen molar-refractivity contribution in [2.75, 3.05) is 12.0 Å². The van der Waals surface area contributed by atoms with Gasteiger partial charge < -0.3 is 10.1 Å². The van der Waals surface area contributed by atoms with E-state index in [0.717, 1.165) is 5.56 Å². The van der Waals surface area contributed by atoms with Gasteiger partial charge in [-0.05, 0) is 42.9 Å². The number of allylic oxidation sites excluding steroid dienone is 1. The van der Waals surface area contributed by atoms with Crippen molar-refractivity contribution in [1.29, 1.82) is 0 Å². The van der Waals surface area contributed by atoms with Gasteiger partial charge in [-0.1, -0.05) is 41.9 Å². The molecule has 1 aliphatic heterocycles. The third kappa shape index (κ3) is 3.30. The van der Waals surface area contributed by atoms with E-state index >= 15 is 0 Å². The maximum absolute atomic E-state index is 13.5. The van der Waals surface area contributed by atoms with Crippen LogP contribution in [0.25, 0.3) is 0 Å². The van der Waals surface area contributed by atoms with Crippen LogP contribution in [0.1, 0.15) is 18.5 Å². The zero-order valence-electron chi connectivity index (χ0n) is 14.1. The molecule has 3 rings (SSSR count). The third-order valence-electron chi connectivity index (χ3n) is 4.18. The summed E-state index contributed by atoms with van der Waals surface area (Å²) in [5.41, 5.74) is 2.45. The van der Waals surface area contributed by atoms with Gasteiger partial charge in [0.05, 0.1) is 23.7 Å². The summed E-state index contributed by atoms with van der Waals surface area (Å²) < 4.78 is 18.5. The maximum atomic E-state index is 13.5. The number of rotatable bonds is 3. The Bertz CT molecular complexity index is 902. The molecule has 2 aromatic rings. The minimum atomic E-state index is -0.525. The van der Waals surface area contributed by atoms with Crippen LogP contribution in [0.5, 0.6) is 0 Å². The molecule has 0 aliphatic carbocycles. The molecule has 1 aliphatic rings. The fourth-order valence-electron chi connectivity index (χ4n) is 2.95. The predicted octanol–water partition coefficient (Wildman–Crippen LogP) is 4.36. The number of esters is 1. The van der Waals surface area contributed by atoms with E-state index in [1.165, 1.54) is 19.2 Å². The number of halogens is 2. The number of hydrogen-bond donors (Lipinski definition) is 1. The number of methoxy groups -OCH3 is 1. The SMILES string of the molecule is COC(=O)C1=C(C)N(c2ccc(F)c(Cl)c2)C(=S)N[C@@H]1c1ccccc1. The first-order valence-electron chi connectivity index (χ1n) is 7.83. The van der Waals surface area contributed by atoms with Gasteiger partial charge in [0.1, 0.15) is 5.82 Å². The minimum absolute atomic E-state index is 0.0251. The number of nitrogens with zero attached hydrogens (tertiary/aromatic N) is 1. The van der Waals surface area contributed by atoms with E-state index < -0.39 is 17.8 Å². The van der Waals surface area contributed by atoms with Gasteiger partial charge in [0.25, 0.3) is 0 Å². The lowest BCUT2D eigenvalue weighted by molar-refractivity contribution is -0.136. The van der Waals surface area contributed by atoms with Gasteiger partial charge in [0.15, 0.2) is 5.11 Å². The van der Waals surface area contributed by atoms with Crippen LogP contribution >= 0.6 is 23.8 Å². The molecule has 0 saturated heterocycles. The van der Waals surface area contributed by atoms with Gasteiger partial charge >= 0.3 is 5.97 Å². The average Bonchev–Trinajstić information content (AvgIpc) is 2.64. The lowest BCUT2D eigenvalue weighted by atomic mass is 9.95. The molecule has 0 radical (unpaired) electrons. The first-order chi connectivity index (χ1) is 12.4. The molecule has 1 heterocycles. The second-order valence-electron chi connectivity index (χ2n) is 5.72. The van der Waals surface area contributed by atoms with Gasteiger partial charge in [-0.25, -0.2) is 9.18 Å². The van der Waals surface area contributed by atoms with Crippen molar-refractivity contribution in [1.82, 2.24) is 5.32 Å². The summed E-state index contributed by atoms with van der Waals surface area (Å²) in [6.45, 7) is 1.77. The van der Waals surface area contributed by atoms with Crippen molar-refractivity contribution >= 4 is 40.6 Å². The Balaban J connectivity index is 2.14. The van der Waals surface area contributed by atoms with Crippen LogP contribution in [0, 0.1) is 5.82 Å². The highest BCUT2D eigenvalue weighted by Crippen LogP contribution is 2.35. The normalized spacial score (nSPS) is 17.2. The highest BCUT2D eigenvalue weighted by atomic mass is 35.5. The van der Waals surface area contributed by atoms with Crippen LogP contribution < -0.4 is 10.2 Å². The molecule has 0 amide bonds. The Hall–Kier alpha value is -2.44. The van der Waals surface area contributed by atoms with Crippen molar-refractivity contribution in [2.24, 2.45) is 0 Å². The van der Waals surface area contributed by atoms with E-state index in [4.69, 9.17) is 28.6 Å². The Morgan fingerprint density at radius 3 is 2.58 bits per heavy atom. The number of nitrogens with one attached hydrogen (secondary N) is 1. The molecule has 1 atom stereocenters. The molecule has 0 spiro atoms. The van der Waals surface area contributed by atoms with Gasteiger partial charge in [0, 0.05) is 11.4 Å². The molecule has 0 bridgehead atoms. The monoisotopic (exact) mass is 390 g/mol. The van der Waals surface area contributed by atoms with Crippen molar-refractivity contribution in [2.45, 2.75) is 13.0 Å². The highest BCUT2D eigenvalue weighted by Gasteiger charge is 2.35. The summed E-state index contributed by atoms with van der Waals surface area (Å²) in [5.74, 6) is -0.993. The molecule has 26 heavy (non-hydrogen) atoms. The summed E-state index contributed by atoms with van der Waals surface area (Å²) in [7, 11) is 1.33. The van der Waals surface area contributed by atoms with E-state index in [9.17, 15) is 9.18 Å². The fourth-order valence-corrected chi connectivity index (χ4v) is 3.48. The topological polar surface area (TPSA) is 41.6 Å². The summed E-state index contributed by atoms with van der Waals surface area (Å²) in [5, 5.41) is 3.53. The van der Waals surface area contributed by atoms with Crippen LogP contribution in [0.15, 0.2) is 59.8 Å². The number of carbonyl (C=O) groups excluding carboxylic acids is 1. The summed E-state index contributed by atoms with van der Waals surface area (Å²) in [6.07, 6.45) is 0. The van der Waals surface area contributed by atoms with E-state index in [-0.39, 0.29) is 5.02 Å². The number of anilines is 1. The standard InChI is InChI=1S/C19H16ClFN2O2S/c1-11-16(18(24)25-2)17(12-6-4-3-5-7-12)22-19(26)23(11)13-8-9-15(21)14(20)10-13/h3-10,17H,1-2H3,(H,22,26)/t17-/m1/s1. The largest absolute Gasteiger partial charge is 0.466 e. The summed E-state index contributed by atoms with van der Waals surface area (Å²) in [6, 6.07) is 13.3. The molecule has 4 nitrogen and oxygen atoms in total. The molecular weight excluding hydrogens is 375 g/mol. The molecule has 1 N–H and O–H groups in total. The number of ether oxygens (including phenoxy) is 1. The van der Waals surface area contributed by atoms with E-state index in [1.807, 2.05) is 30.3 Å². The van der Waals surface area contributed by atoms with Gasteiger partial charge in [0.2, 0.25) is 0 Å². The molecule has 0 fully saturated rings. The first kappa shape index (κ1) is 18.4. The van der Waals surface area contributed by atoms with Crippen LogP contribution in [0.2, 0.25) is 5.02 Å². The maximum Gasteiger partial charge on any atom is 0.337 e. The second kappa shape index (κ2) is 7.43. The Morgan fingerprint density at radius 2 is 1.96 bits per heavy atom. The number of carbonyl (C=O) groups is 1. The summed E-state index contributed by atoms with van der Waals surface area (Å²) in [4.78, 5) is 14.1. The van der Waals surface area contributed by atoms with E-state index in [2.05, 4.69) is 5.32 Å². The highest BCUT2D eigenvalue weighted by molar-refractivity contribution is 7.80. The average molecular weight is 391 g/mol. The van der Waals surface area contributed by atoms with Crippen molar-refractivity contribution in [3.05, 3.63) is 76.2 Å². The molecule has 0 unspecified atom stereocenters. The smallest absolute Gasteiger partial charge is 0.337 e. The van der Waals surface area contributed by atoms with Crippen molar-refractivity contribution in [3.8, 4) is 0 Å². The van der Waals surface area contributed by atoms with E-state index in [1.54, 1.807) is 17.9 Å². The summed E-state index contributed by atoms with van der Waals surface area (Å²) >= 11 is 11.4. The van der Waals surface area contributed by atoms with Crippen molar-refractivity contribution in [3.63, 3.8) is 0 Å².